The fourth-order valence-electron chi connectivity index (χ4n) is 3.89. The number of hydrogen-bond acceptors (Lipinski definition) is 6. The Kier molecular flexibility index (Phi) is 5.03. The van der Waals surface area contributed by atoms with Crippen molar-refractivity contribution < 1.29 is 9.47 Å². The van der Waals surface area contributed by atoms with Crippen molar-refractivity contribution in [2.24, 2.45) is 0 Å². The van der Waals surface area contributed by atoms with Crippen LogP contribution in [0, 0.1) is 0 Å². The molecule has 8 heteroatoms. The van der Waals surface area contributed by atoms with E-state index in [9.17, 15) is 4.79 Å². The summed E-state index contributed by atoms with van der Waals surface area (Å²) in [5, 5.41) is 4.83. The minimum absolute atomic E-state index is 0.119. The first-order chi connectivity index (χ1) is 15.7. The normalized spacial score (nSPS) is 11.2. The van der Waals surface area contributed by atoms with E-state index in [0.717, 1.165) is 11.1 Å². The Labute approximate surface area is 183 Å². The van der Waals surface area contributed by atoms with Gasteiger partial charge < -0.3 is 14.0 Å². The Morgan fingerprint density at radius 1 is 0.969 bits per heavy atom. The molecular formula is C24H21N5O3. The molecule has 0 aliphatic rings. The van der Waals surface area contributed by atoms with Crippen LogP contribution in [0.2, 0.25) is 0 Å². The van der Waals surface area contributed by atoms with Gasteiger partial charge in [0, 0.05) is 18.3 Å². The number of rotatable bonds is 6. The first-order valence-corrected chi connectivity index (χ1v) is 10.2. The third-order valence-electron chi connectivity index (χ3n) is 5.48. The number of nitrogens with zero attached hydrogens (tertiary/aromatic N) is 5. The summed E-state index contributed by atoms with van der Waals surface area (Å²) in [5.74, 6) is 1.80. The zero-order valence-corrected chi connectivity index (χ0v) is 17.7. The molecular weight excluding hydrogens is 406 g/mol. The number of aromatic nitrogens is 5. The summed E-state index contributed by atoms with van der Waals surface area (Å²) >= 11 is 0. The van der Waals surface area contributed by atoms with Crippen LogP contribution in [0.5, 0.6) is 11.5 Å². The van der Waals surface area contributed by atoms with Crippen LogP contribution in [0.3, 0.4) is 0 Å². The van der Waals surface area contributed by atoms with Crippen molar-refractivity contribution in [3.63, 3.8) is 0 Å². The van der Waals surface area contributed by atoms with Crippen molar-refractivity contribution in [3.8, 4) is 22.8 Å². The summed E-state index contributed by atoms with van der Waals surface area (Å²) in [7, 11) is 3.22. The van der Waals surface area contributed by atoms with Crippen LogP contribution in [-0.4, -0.2) is 38.4 Å². The average molecular weight is 427 g/mol. The van der Waals surface area contributed by atoms with Gasteiger partial charge in [-0.3, -0.25) is 4.79 Å². The second kappa shape index (κ2) is 8.14. The van der Waals surface area contributed by atoms with Gasteiger partial charge in [-0.05, 0) is 30.2 Å². The van der Waals surface area contributed by atoms with Crippen molar-refractivity contribution in [2.45, 2.75) is 13.0 Å². The molecule has 5 aromatic rings. The van der Waals surface area contributed by atoms with E-state index in [2.05, 4.69) is 15.1 Å². The zero-order chi connectivity index (χ0) is 22.1. The van der Waals surface area contributed by atoms with Gasteiger partial charge in [0.05, 0.1) is 30.8 Å². The van der Waals surface area contributed by atoms with Gasteiger partial charge >= 0.3 is 0 Å². The lowest BCUT2D eigenvalue weighted by Crippen LogP contribution is -2.22. The molecule has 160 valence electrons. The topological polar surface area (TPSA) is 83.5 Å². The smallest absolute Gasteiger partial charge is 0.262 e. The number of methoxy groups -OCH3 is 2. The summed E-state index contributed by atoms with van der Waals surface area (Å²) in [6.45, 7) is 0.508. The molecule has 0 atom stereocenters. The Hall–Kier alpha value is -4.20. The number of pyridine rings is 1. The molecule has 0 unspecified atom stereocenters. The van der Waals surface area contributed by atoms with Crippen LogP contribution in [0.1, 0.15) is 5.56 Å². The van der Waals surface area contributed by atoms with Crippen molar-refractivity contribution in [1.29, 1.82) is 0 Å². The summed E-state index contributed by atoms with van der Waals surface area (Å²) in [4.78, 5) is 22.3. The lowest BCUT2D eigenvalue weighted by Gasteiger charge is -2.12. The van der Waals surface area contributed by atoms with Gasteiger partial charge in [0.15, 0.2) is 11.5 Å². The van der Waals surface area contributed by atoms with Crippen LogP contribution in [0.4, 0.5) is 0 Å². The van der Waals surface area contributed by atoms with Gasteiger partial charge in [-0.25, -0.2) is 4.98 Å². The Bertz CT molecular complexity index is 1470. The van der Waals surface area contributed by atoms with Gasteiger partial charge in [0.25, 0.3) is 11.3 Å². The highest BCUT2D eigenvalue weighted by Crippen LogP contribution is 2.28. The first-order valence-electron chi connectivity index (χ1n) is 10.2. The first kappa shape index (κ1) is 19.7. The van der Waals surface area contributed by atoms with E-state index in [0.29, 0.717) is 46.8 Å². The van der Waals surface area contributed by atoms with E-state index in [1.807, 2.05) is 54.6 Å². The van der Waals surface area contributed by atoms with Crippen molar-refractivity contribution in [1.82, 2.24) is 24.1 Å². The van der Waals surface area contributed by atoms with Gasteiger partial charge in [0.1, 0.15) is 6.33 Å². The van der Waals surface area contributed by atoms with Crippen molar-refractivity contribution >= 4 is 16.7 Å². The van der Waals surface area contributed by atoms with Gasteiger partial charge in [-0.15, -0.1) is 0 Å². The summed E-state index contributed by atoms with van der Waals surface area (Å²) in [5.41, 5.74) is 3.09. The minimum Gasteiger partial charge on any atom is -0.493 e. The maximum atomic E-state index is 13.5. The second-order valence-electron chi connectivity index (χ2n) is 7.31. The van der Waals surface area contributed by atoms with Crippen LogP contribution in [0.15, 0.2) is 71.9 Å². The summed E-state index contributed by atoms with van der Waals surface area (Å²) in [6, 6.07) is 17.3. The zero-order valence-electron chi connectivity index (χ0n) is 17.7. The fourth-order valence-corrected chi connectivity index (χ4v) is 3.89. The van der Waals surface area contributed by atoms with Crippen molar-refractivity contribution in [2.75, 3.05) is 14.2 Å². The van der Waals surface area contributed by atoms with E-state index >= 15 is 0 Å². The molecule has 3 heterocycles. The highest BCUT2D eigenvalue weighted by atomic mass is 16.5. The molecule has 3 aromatic heterocycles. The molecule has 0 saturated heterocycles. The molecule has 32 heavy (non-hydrogen) atoms. The molecule has 0 fully saturated rings. The Morgan fingerprint density at radius 2 is 1.78 bits per heavy atom. The molecule has 0 radical (unpaired) electrons. The third-order valence-corrected chi connectivity index (χ3v) is 5.48. The summed E-state index contributed by atoms with van der Waals surface area (Å²) < 4.78 is 14.0. The highest BCUT2D eigenvalue weighted by molar-refractivity contribution is 5.93. The maximum absolute atomic E-state index is 13.5. The molecule has 0 N–H and O–H groups in total. The van der Waals surface area contributed by atoms with Gasteiger partial charge in [-0.1, -0.05) is 36.4 Å². The van der Waals surface area contributed by atoms with Crippen LogP contribution in [-0.2, 0) is 13.0 Å². The quantitative estimate of drug-likeness (QED) is 0.413. The fraction of sp³-hybridized carbons (Fsp3) is 0.167. The molecule has 5 rings (SSSR count). The number of fused-ring (bicyclic) bond motifs is 2. The number of hydrogen-bond donors (Lipinski definition) is 0. The third kappa shape index (κ3) is 3.35. The minimum atomic E-state index is -0.119. The molecule has 8 nitrogen and oxygen atoms in total. The molecule has 0 amide bonds. The second-order valence-corrected chi connectivity index (χ2v) is 7.31. The van der Waals surface area contributed by atoms with Crippen LogP contribution >= 0.6 is 0 Å². The largest absolute Gasteiger partial charge is 0.493 e. The van der Waals surface area contributed by atoms with Gasteiger partial charge in [0.2, 0.25) is 0 Å². The SMILES string of the molecule is COc1ccc(CCn2ccc3nc4ncnn4c(-c4ccccc4)c3c2=O)cc1OC. The molecule has 2 aromatic carbocycles. The standard InChI is InChI=1S/C24H21N5O3/c1-31-19-9-8-16(14-20(19)32-2)10-12-28-13-11-18-21(23(28)30)22(17-6-4-3-5-7-17)29-24(27-18)25-15-26-29/h3-9,11,13-15H,10,12H2,1-2H3. The van der Waals surface area contributed by atoms with E-state index in [1.54, 1.807) is 29.5 Å². The highest BCUT2D eigenvalue weighted by Gasteiger charge is 2.17. The maximum Gasteiger partial charge on any atom is 0.262 e. The van der Waals surface area contributed by atoms with E-state index in [1.165, 1.54) is 6.33 Å². The summed E-state index contributed by atoms with van der Waals surface area (Å²) in [6.07, 6.45) is 3.88. The average Bonchev–Trinajstić information content (AvgIpc) is 3.31. The van der Waals surface area contributed by atoms with E-state index < -0.39 is 0 Å². The number of ether oxygens (including phenoxy) is 2. The molecule has 0 spiro atoms. The van der Waals surface area contributed by atoms with Gasteiger partial charge in [-0.2, -0.15) is 14.6 Å². The molecule has 0 aliphatic carbocycles. The van der Waals surface area contributed by atoms with Crippen LogP contribution < -0.4 is 15.0 Å². The number of benzene rings is 2. The Balaban J connectivity index is 1.60. The monoisotopic (exact) mass is 427 g/mol. The lowest BCUT2D eigenvalue weighted by molar-refractivity contribution is 0.354. The Morgan fingerprint density at radius 3 is 2.56 bits per heavy atom. The predicted octanol–water partition coefficient (Wildman–Crippen LogP) is 3.37. The van der Waals surface area contributed by atoms with E-state index in [4.69, 9.17) is 9.47 Å². The molecule has 0 saturated carbocycles. The van der Waals surface area contributed by atoms with Crippen LogP contribution in [0.25, 0.3) is 27.9 Å². The van der Waals surface area contributed by atoms with Crippen molar-refractivity contribution in [3.05, 3.63) is 83.0 Å². The number of aryl methyl sites for hydroxylation is 2. The lowest BCUT2D eigenvalue weighted by atomic mass is 10.1. The van der Waals surface area contributed by atoms with E-state index in [-0.39, 0.29) is 5.56 Å². The molecule has 0 aliphatic heterocycles. The predicted molar refractivity (Wildman–Crippen MR) is 121 cm³/mol. The molecule has 0 bridgehead atoms.